The SMILES string of the molecule is O=C(NC1CC1)c1cc(NC(=O)C2CCC2)ccc1N1CCc2ccccc2C1. The molecule has 0 bridgehead atoms. The number of nitrogens with zero attached hydrogens (tertiary/aromatic N) is 1. The number of carbonyl (C=O) groups is 2. The average Bonchev–Trinajstić information content (AvgIpc) is 3.50. The highest BCUT2D eigenvalue weighted by molar-refractivity contribution is 6.02. The lowest BCUT2D eigenvalue weighted by molar-refractivity contribution is -0.122. The molecule has 0 aromatic heterocycles. The van der Waals surface area contributed by atoms with Crippen LogP contribution in [0.1, 0.15) is 53.6 Å². The molecule has 5 rings (SSSR count). The van der Waals surface area contributed by atoms with E-state index in [2.05, 4.69) is 39.8 Å². The first kappa shape index (κ1) is 18.2. The fourth-order valence-corrected chi connectivity index (χ4v) is 4.18. The van der Waals surface area contributed by atoms with Crippen LogP contribution in [0.4, 0.5) is 11.4 Å². The highest BCUT2D eigenvalue weighted by Gasteiger charge is 2.28. The number of carbonyl (C=O) groups excluding carboxylic acids is 2. The summed E-state index contributed by atoms with van der Waals surface area (Å²) in [5.41, 5.74) is 5.01. The minimum atomic E-state index is -0.0406. The molecule has 0 saturated heterocycles. The molecule has 2 aromatic rings. The summed E-state index contributed by atoms with van der Waals surface area (Å²) in [6.45, 7) is 1.68. The van der Waals surface area contributed by atoms with Gasteiger partial charge in [-0.3, -0.25) is 9.59 Å². The van der Waals surface area contributed by atoms with Gasteiger partial charge in [0.2, 0.25) is 5.91 Å². The average molecular weight is 389 g/mol. The minimum Gasteiger partial charge on any atom is -0.366 e. The number of rotatable bonds is 5. The van der Waals surface area contributed by atoms with Crippen molar-refractivity contribution in [1.82, 2.24) is 5.32 Å². The van der Waals surface area contributed by atoms with Crippen LogP contribution in [0.2, 0.25) is 0 Å². The molecule has 0 unspecified atom stereocenters. The van der Waals surface area contributed by atoms with Crippen LogP contribution in [0.5, 0.6) is 0 Å². The van der Waals surface area contributed by atoms with Gasteiger partial charge in [0, 0.05) is 36.4 Å². The Labute approximate surface area is 171 Å². The van der Waals surface area contributed by atoms with Crippen LogP contribution in [-0.2, 0) is 17.8 Å². The van der Waals surface area contributed by atoms with Crippen LogP contribution < -0.4 is 15.5 Å². The third-order valence-corrected chi connectivity index (χ3v) is 6.37. The summed E-state index contributed by atoms with van der Waals surface area (Å²) in [6, 6.07) is 14.6. The second-order valence-corrected chi connectivity index (χ2v) is 8.54. The van der Waals surface area contributed by atoms with Crippen molar-refractivity contribution in [1.29, 1.82) is 0 Å². The molecule has 2 N–H and O–H groups in total. The zero-order valence-electron chi connectivity index (χ0n) is 16.6. The Kier molecular flexibility index (Phi) is 4.74. The van der Waals surface area contributed by atoms with Gasteiger partial charge in [-0.05, 0) is 61.4 Å². The first-order valence-corrected chi connectivity index (χ1v) is 10.7. The van der Waals surface area contributed by atoms with Crippen molar-refractivity contribution in [3.8, 4) is 0 Å². The Morgan fingerprint density at radius 3 is 2.48 bits per heavy atom. The first-order valence-electron chi connectivity index (χ1n) is 10.7. The van der Waals surface area contributed by atoms with E-state index in [0.29, 0.717) is 17.3 Å². The van der Waals surface area contributed by atoms with Gasteiger partial charge in [0.25, 0.3) is 5.91 Å². The summed E-state index contributed by atoms with van der Waals surface area (Å²) in [6.07, 6.45) is 6.13. The number of hydrogen-bond donors (Lipinski definition) is 2. The van der Waals surface area contributed by atoms with Crippen molar-refractivity contribution in [2.45, 2.75) is 51.1 Å². The van der Waals surface area contributed by atoms with E-state index >= 15 is 0 Å². The maximum Gasteiger partial charge on any atom is 0.253 e. The molecule has 2 aromatic carbocycles. The van der Waals surface area contributed by atoms with Gasteiger partial charge in [-0.25, -0.2) is 0 Å². The predicted octanol–water partition coefficient (Wildman–Crippen LogP) is 3.88. The highest BCUT2D eigenvalue weighted by atomic mass is 16.2. The van der Waals surface area contributed by atoms with Gasteiger partial charge in [-0.1, -0.05) is 30.7 Å². The summed E-state index contributed by atoms with van der Waals surface area (Å²) in [4.78, 5) is 27.6. The molecular weight excluding hydrogens is 362 g/mol. The Morgan fingerprint density at radius 2 is 1.76 bits per heavy atom. The van der Waals surface area contributed by atoms with Gasteiger partial charge >= 0.3 is 0 Å². The standard InChI is InChI=1S/C24H27N3O2/c28-23(17-6-3-7-17)26-20-10-11-22(21(14-20)24(29)25-19-8-9-19)27-13-12-16-4-1-2-5-18(16)15-27/h1-2,4-5,10-11,14,17,19H,3,6-9,12-13,15H2,(H,25,29)(H,26,28). The van der Waals surface area contributed by atoms with Crippen molar-refractivity contribution >= 4 is 23.2 Å². The number of hydrogen-bond acceptors (Lipinski definition) is 3. The lowest BCUT2D eigenvalue weighted by Crippen LogP contribution is -2.34. The highest BCUT2D eigenvalue weighted by Crippen LogP contribution is 2.32. The van der Waals surface area contributed by atoms with E-state index in [0.717, 1.165) is 57.3 Å². The summed E-state index contributed by atoms with van der Waals surface area (Å²) in [5, 5.41) is 6.13. The van der Waals surface area contributed by atoms with E-state index in [1.165, 1.54) is 11.1 Å². The van der Waals surface area contributed by atoms with Gasteiger partial charge in [-0.15, -0.1) is 0 Å². The van der Waals surface area contributed by atoms with Gasteiger partial charge in [0.1, 0.15) is 0 Å². The Hall–Kier alpha value is -2.82. The molecule has 2 aliphatic carbocycles. The van der Waals surface area contributed by atoms with E-state index in [9.17, 15) is 9.59 Å². The molecule has 5 heteroatoms. The number of amides is 2. The Bertz CT molecular complexity index is 947. The zero-order valence-corrected chi connectivity index (χ0v) is 16.6. The largest absolute Gasteiger partial charge is 0.366 e. The maximum atomic E-state index is 13.0. The molecule has 0 radical (unpaired) electrons. The Balaban J connectivity index is 1.42. The maximum absolute atomic E-state index is 13.0. The fourth-order valence-electron chi connectivity index (χ4n) is 4.18. The molecule has 1 aliphatic heterocycles. The third kappa shape index (κ3) is 3.86. The molecule has 0 spiro atoms. The van der Waals surface area contributed by atoms with Gasteiger partial charge in [0.05, 0.1) is 5.56 Å². The molecule has 2 saturated carbocycles. The van der Waals surface area contributed by atoms with E-state index in [-0.39, 0.29) is 17.7 Å². The van der Waals surface area contributed by atoms with Gasteiger partial charge in [-0.2, -0.15) is 0 Å². The van der Waals surface area contributed by atoms with Crippen LogP contribution in [0.3, 0.4) is 0 Å². The number of fused-ring (bicyclic) bond motifs is 1. The Morgan fingerprint density at radius 1 is 0.966 bits per heavy atom. The van der Waals surface area contributed by atoms with Crippen LogP contribution in [-0.4, -0.2) is 24.4 Å². The minimum absolute atomic E-state index is 0.0406. The molecule has 2 amide bonds. The van der Waals surface area contributed by atoms with Gasteiger partial charge in [0.15, 0.2) is 0 Å². The van der Waals surface area contributed by atoms with Crippen LogP contribution in [0.25, 0.3) is 0 Å². The van der Waals surface area contributed by atoms with Gasteiger partial charge < -0.3 is 15.5 Å². The number of nitrogens with one attached hydrogen (secondary N) is 2. The summed E-state index contributed by atoms with van der Waals surface area (Å²) in [7, 11) is 0. The van der Waals surface area contributed by atoms with E-state index < -0.39 is 0 Å². The fraction of sp³-hybridized carbons (Fsp3) is 0.417. The normalized spacial score (nSPS) is 18.6. The van der Waals surface area contributed by atoms with E-state index in [1.54, 1.807) is 0 Å². The second kappa shape index (κ2) is 7.54. The van der Waals surface area contributed by atoms with Crippen molar-refractivity contribution in [2.24, 2.45) is 5.92 Å². The summed E-state index contributed by atoms with van der Waals surface area (Å²) < 4.78 is 0. The predicted molar refractivity (Wildman–Crippen MR) is 114 cm³/mol. The van der Waals surface area contributed by atoms with Crippen molar-refractivity contribution in [3.05, 3.63) is 59.2 Å². The zero-order chi connectivity index (χ0) is 19.8. The van der Waals surface area contributed by atoms with E-state index in [1.807, 2.05) is 18.2 Å². The molecule has 5 nitrogen and oxygen atoms in total. The molecular formula is C24H27N3O2. The first-order chi connectivity index (χ1) is 14.2. The summed E-state index contributed by atoms with van der Waals surface area (Å²) >= 11 is 0. The van der Waals surface area contributed by atoms with Crippen LogP contribution >= 0.6 is 0 Å². The molecule has 0 atom stereocenters. The molecule has 1 heterocycles. The lowest BCUT2D eigenvalue weighted by atomic mass is 9.85. The number of anilines is 2. The summed E-state index contributed by atoms with van der Waals surface area (Å²) in [5.74, 6) is 0.155. The van der Waals surface area contributed by atoms with E-state index in [4.69, 9.17) is 0 Å². The van der Waals surface area contributed by atoms with Crippen molar-refractivity contribution < 1.29 is 9.59 Å². The third-order valence-electron chi connectivity index (χ3n) is 6.37. The second-order valence-electron chi connectivity index (χ2n) is 8.54. The van der Waals surface area contributed by atoms with Crippen molar-refractivity contribution in [2.75, 3.05) is 16.8 Å². The quantitative estimate of drug-likeness (QED) is 0.816. The van der Waals surface area contributed by atoms with Crippen LogP contribution in [0, 0.1) is 5.92 Å². The molecule has 29 heavy (non-hydrogen) atoms. The smallest absolute Gasteiger partial charge is 0.253 e. The molecule has 150 valence electrons. The van der Waals surface area contributed by atoms with Crippen molar-refractivity contribution in [3.63, 3.8) is 0 Å². The van der Waals surface area contributed by atoms with Crippen LogP contribution in [0.15, 0.2) is 42.5 Å². The number of benzene rings is 2. The molecule has 2 fully saturated rings. The topological polar surface area (TPSA) is 61.4 Å². The monoisotopic (exact) mass is 389 g/mol. The molecule has 3 aliphatic rings. The lowest BCUT2D eigenvalue weighted by Gasteiger charge is -2.32.